The van der Waals surface area contributed by atoms with Crippen LogP contribution in [0.5, 0.6) is 0 Å². The summed E-state index contributed by atoms with van der Waals surface area (Å²) in [6.45, 7) is 3.64. The normalized spacial score (nSPS) is 22.4. The van der Waals surface area contributed by atoms with E-state index in [1.165, 1.54) is 5.56 Å². The highest BCUT2D eigenvalue weighted by atomic mass is 16.2. The molecule has 2 aliphatic heterocycles. The summed E-state index contributed by atoms with van der Waals surface area (Å²) in [7, 11) is 0. The smallest absolute Gasteiger partial charge is 0.246 e. The fourth-order valence-corrected chi connectivity index (χ4v) is 3.43. The lowest BCUT2D eigenvalue weighted by molar-refractivity contribution is -0.158. The lowest BCUT2D eigenvalue weighted by Crippen LogP contribution is -2.60. The van der Waals surface area contributed by atoms with Gasteiger partial charge in [-0.25, -0.2) is 0 Å². The molecule has 1 aromatic carbocycles. The van der Waals surface area contributed by atoms with Crippen LogP contribution in [0.3, 0.4) is 0 Å². The van der Waals surface area contributed by atoms with Gasteiger partial charge in [0.2, 0.25) is 11.8 Å². The Bertz CT molecular complexity index is 555. The zero-order valence-electron chi connectivity index (χ0n) is 12.5. The minimum absolute atomic E-state index is 0.105. The first-order chi connectivity index (χ1) is 10.2. The van der Waals surface area contributed by atoms with Gasteiger partial charge >= 0.3 is 0 Å². The van der Waals surface area contributed by atoms with Crippen LogP contribution in [0.1, 0.15) is 37.3 Å². The van der Waals surface area contributed by atoms with Crippen molar-refractivity contribution < 1.29 is 9.59 Å². The molecule has 0 aromatic heterocycles. The van der Waals surface area contributed by atoms with E-state index in [0.29, 0.717) is 6.54 Å². The number of carbonyl (C=O) groups excluding carboxylic acids is 2. The first kappa shape index (κ1) is 14.1. The molecule has 2 fully saturated rings. The van der Waals surface area contributed by atoms with Crippen LogP contribution in [-0.4, -0.2) is 40.7 Å². The number of piperidine rings is 1. The van der Waals surface area contributed by atoms with Crippen LogP contribution in [0.4, 0.5) is 0 Å². The van der Waals surface area contributed by atoms with E-state index in [9.17, 15) is 9.59 Å². The summed E-state index contributed by atoms with van der Waals surface area (Å²) in [5.74, 6) is 0.230. The number of aryl methyl sites for hydroxylation is 1. The van der Waals surface area contributed by atoms with Crippen LogP contribution < -0.4 is 0 Å². The Labute approximate surface area is 125 Å². The van der Waals surface area contributed by atoms with E-state index in [1.807, 2.05) is 12.1 Å². The van der Waals surface area contributed by atoms with Crippen molar-refractivity contribution in [2.24, 2.45) is 0 Å². The molecule has 2 amide bonds. The predicted molar refractivity (Wildman–Crippen MR) is 80.6 cm³/mol. The molecule has 21 heavy (non-hydrogen) atoms. The number of rotatable bonds is 3. The number of nitrogens with zero attached hydrogens (tertiary/aromatic N) is 2. The van der Waals surface area contributed by atoms with Gasteiger partial charge < -0.3 is 9.80 Å². The summed E-state index contributed by atoms with van der Waals surface area (Å²) >= 11 is 0. The van der Waals surface area contributed by atoms with Gasteiger partial charge in [-0.2, -0.15) is 0 Å². The molecule has 0 N–H and O–H groups in total. The monoisotopic (exact) mass is 286 g/mol. The van der Waals surface area contributed by atoms with Crippen molar-refractivity contribution in [2.45, 2.75) is 45.2 Å². The molecule has 2 aliphatic rings. The Kier molecular flexibility index (Phi) is 3.95. The van der Waals surface area contributed by atoms with Gasteiger partial charge in [-0.3, -0.25) is 9.59 Å². The predicted octanol–water partition coefficient (Wildman–Crippen LogP) is 1.97. The van der Waals surface area contributed by atoms with Gasteiger partial charge in [0.15, 0.2) is 0 Å². The topological polar surface area (TPSA) is 40.6 Å². The fraction of sp³-hybridized carbons (Fsp3) is 0.529. The highest BCUT2D eigenvalue weighted by Gasteiger charge is 2.40. The largest absolute Gasteiger partial charge is 0.329 e. The average molecular weight is 286 g/mol. The molecule has 1 unspecified atom stereocenters. The summed E-state index contributed by atoms with van der Waals surface area (Å²) in [6, 6.07) is 7.96. The average Bonchev–Trinajstić information content (AvgIpc) is 2.53. The molecule has 2 saturated heterocycles. The number of piperazine rings is 1. The molecule has 0 radical (unpaired) electrons. The van der Waals surface area contributed by atoms with Crippen molar-refractivity contribution in [3.8, 4) is 0 Å². The second-order valence-corrected chi connectivity index (χ2v) is 5.92. The molecule has 0 bridgehead atoms. The zero-order valence-corrected chi connectivity index (χ0v) is 12.5. The number of hydrogen-bond donors (Lipinski definition) is 0. The van der Waals surface area contributed by atoms with Crippen LogP contribution in [-0.2, 0) is 22.6 Å². The van der Waals surface area contributed by atoms with Crippen molar-refractivity contribution in [3.05, 3.63) is 35.4 Å². The third-order valence-electron chi connectivity index (χ3n) is 4.61. The summed E-state index contributed by atoms with van der Waals surface area (Å²) in [4.78, 5) is 28.4. The molecule has 0 spiro atoms. The van der Waals surface area contributed by atoms with Crippen molar-refractivity contribution >= 4 is 11.8 Å². The van der Waals surface area contributed by atoms with Crippen LogP contribution in [0.15, 0.2) is 24.3 Å². The maximum Gasteiger partial charge on any atom is 0.246 e. The van der Waals surface area contributed by atoms with Gasteiger partial charge in [0.05, 0.1) is 0 Å². The van der Waals surface area contributed by atoms with Crippen molar-refractivity contribution in [1.82, 2.24) is 9.80 Å². The standard InChI is InChI=1S/C17H22N2O2/c1-2-13-7-3-4-8-14(13)11-18-12-16(20)19-10-6-5-9-15(19)17(18)21/h3-4,7-8,15H,2,5-6,9-12H2,1H3. The third-order valence-corrected chi connectivity index (χ3v) is 4.61. The van der Waals surface area contributed by atoms with Crippen LogP contribution in [0.25, 0.3) is 0 Å². The van der Waals surface area contributed by atoms with Gasteiger partial charge in [-0.15, -0.1) is 0 Å². The molecule has 4 heteroatoms. The number of carbonyl (C=O) groups is 2. The molecule has 4 nitrogen and oxygen atoms in total. The van der Waals surface area contributed by atoms with Crippen LogP contribution >= 0.6 is 0 Å². The Morgan fingerprint density at radius 3 is 2.67 bits per heavy atom. The lowest BCUT2D eigenvalue weighted by Gasteiger charge is -2.42. The Balaban J connectivity index is 1.79. The number of amides is 2. The van der Waals surface area contributed by atoms with E-state index < -0.39 is 0 Å². The Morgan fingerprint density at radius 2 is 1.90 bits per heavy atom. The number of benzene rings is 1. The molecule has 2 heterocycles. The molecular formula is C17H22N2O2. The summed E-state index contributed by atoms with van der Waals surface area (Å²) < 4.78 is 0. The maximum absolute atomic E-state index is 12.6. The van der Waals surface area contributed by atoms with Gasteiger partial charge in [-0.05, 0) is 36.8 Å². The quantitative estimate of drug-likeness (QED) is 0.852. The second-order valence-electron chi connectivity index (χ2n) is 5.92. The number of hydrogen-bond acceptors (Lipinski definition) is 2. The second kappa shape index (κ2) is 5.88. The SMILES string of the molecule is CCc1ccccc1CN1CC(=O)N2CCCCC2C1=O. The Morgan fingerprint density at radius 1 is 1.14 bits per heavy atom. The van der Waals surface area contributed by atoms with Gasteiger partial charge in [0.25, 0.3) is 0 Å². The molecular weight excluding hydrogens is 264 g/mol. The minimum Gasteiger partial charge on any atom is -0.329 e. The minimum atomic E-state index is -0.214. The Hall–Kier alpha value is -1.84. The highest BCUT2D eigenvalue weighted by Crippen LogP contribution is 2.24. The van der Waals surface area contributed by atoms with Gasteiger partial charge in [-0.1, -0.05) is 31.2 Å². The molecule has 1 aromatic rings. The lowest BCUT2D eigenvalue weighted by atomic mass is 9.97. The fourth-order valence-electron chi connectivity index (χ4n) is 3.43. The summed E-state index contributed by atoms with van der Waals surface area (Å²) in [5.41, 5.74) is 2.41. The molecule has 0 aliphatic carbocycles. The van der Waals surface area contributed by atoms with E-state index in [-0.39, 0.29) is 24.4 Å². The third kappa shape index (κ3) is 2.67. The van der Waals surface area contributed by atoms with E-state index >= 15 is 0 Å². The number of fused-ring (bicyclic) bond motifs is 1. The van der Waals surface area contributed by atoms with Gasteiger partial charge in [0.1, 0.15) is 12.6 Å². The van der Waals surface area contributed by atoms with Crippen LogP contribution in [0, 0.1) is 0 Å². The molecule has 112 valence electrons. The molecule has 0 saturated carbocycles. The van der Waals surface area contributed by atoms with E-state index in [2.05, 4.69) is 19.1 Å². The van der Waals surface area contributed by atoms with Crippen LogP contribution in [0.2, 0.25) is 0 Å². The molecule has 3 rings (SSSR count). The van der Waals surface area contributed by atoms with E-state index in [0.717, 1.165) is 37.8 Å². The maximum atomic E-state index is 12.6. The molecule has 1 atom stereocenters. The van der Waals surface area contributed by atoms with E-state index in [1.54, 1.807) is 9.80 Å². The van der Waals surface area contributed by atoms with Gasteiger partial charge in [0, 0.05) is 13.1 Å². The first-order valence-corrected chi connectivity index (χ1v) is 7.85. The van der Waals surface area contributed by atoms with Crippen molar-refractivity contribution in [1.29, 1.82) is 0 Å². The summed E-state index contributed by atoms with van der Waals surface area (Å²) in [6.07, 6.45) is 3.83. The summed E-state index contributed by atoms with van der Waals surface area (Å²) in [5, 5.41) is 0. The van der Waals surface area contributed by atoms with Crippen molar-refractivity contribution in [2.75, 3.05) is 13.1 Å². The highest BCUT2D eigenvalue weighted by molar-refractivity contribution is 5.95. The zero-order chi connectivity index (χ0) is 14.8. The van der Waals surface area contributed by atoms with Crippen molar-refractivity contribution in [3.63, 3.8) is 0 Å². The first-order valence-electron chi connectivity index (χ1n) is 7.85. The van der Waals surface area contributed by atoms with E-state index in [4.69, 9.17) is 0 Å².